The minimum Gasteiger partial charge on any atom is -0.326 e. The number of rotatable bonds is 4. The molecule has 3 rings (SSSR count). The molecule has 0 saturated carbocycles. The number of carbonyl (C=O) groups is 1. The molecule has 5 nitrogen and oxygen atoms in total. The van der Waals surface area contributed by atoms with Crippen molar-refractivity contribution in [2.45, 2.75) is 17.1 Å². The SMILES string of the molecule is O=C(Nc1ccc(F)c(Cl)c1)C1CCCN(S(=O)(=O)c2ccc(Br)s2)C1. The molecule has 1 unspecified atom stereocenters. The predicted molar refractivity (Wildman–Crippen MR) is 104 cm³/mol. The summed E-state index contributed by atoms with van der Waals surface area (Å²) in [6.45, 7) is 0.489. The van der Waals surface area contributed by atoms with E-state index in [0.29, 0.717) is 25.1 Å². The summed E-state index contributed by atoms with van der Waals surface area (Å²) in [5, 5.41) is 2.59. The number of benzene rings is 1. The highest BCUT2D eigenvalue weighted by atomic mass is 79.9. The fourth-order valence-corrected chi connectivity index (χ4v) is 6.63. The van der Waals surface area contributed by atoms with Gasteiger partial charge in [0.1, 0.15) is 10.0 Å². The van der Waals surface area contributed by atoms with E-state index in [0.717, 1.165) is 15.1 Å². The lowest BCUT2D eigenvalue weighted by atomic mass is 9.99. The van der Waals surface area contributed by atoms with Crippen LogP contribution >= 0.6 is 38.9 Å². The largest absolute Gasteiger partial charge is 0.326 e. The summed E-state index contributed by atoms with van der Waals surface area (Å²) >= 11 is 10.1. The maximum absolute atomic E-state index is 13.2. The van der Waals surface area contributed by atoms with Crippen molar-refractivity contribution in [3.8, 4) is 0 Å². The molecule has 140 valence electrons. The molecule has 0 radical (unpaired) electrons. The summed E-state index contributed by atoms with van der Waals surface area (Å²) in [7, 11) is -3.62. The number of hydrogen-bond acceptors (Lipinski definition) is 4. The molecule has 1 N–H and O–H groups in total. The van der Waals surface area contributed by atoms with Gasteiger partial charge < -0.3 is 5.32 Å². The minimum absolute atomic E-state index is 0.0843. The van der Waals surface area contributed by atoms with Gasteiger partial charge in [-0.1, -0.05) is 11.6 Å². The first-order valence-electron chi connectivity index (χ1n) is 7.79. The number of nitrogens with one attached hydrogen (secondary N) is 1. The average Bonchev–Trinajstić information content (AvgIpc) is 3.05. The number of carbonyl (C=O) groups excluding carboxylic acids is 1. The smallest absolute Gasteiger partial charge is 0.252 e. The number of anilines is 1. The fraction of sp³-hybridized carbons (Fsp3) is 0.312. The summed E-state index contributed by atoms with van der Waals surface area (Å²) in [6, 6.07) is 7.15. The van der Waals surface area contributed by atoms with Crippen LogP contribution in [-0.4, -0.2) is 31.7 Å². The van der Waals surface area contributed by atoms with Crippen LogP contribution in [0.1, 0.15) is 12.8 Å². The van der Waals surface area contributed by atoms with Crippen LogP contribution in [0, 0.1) is 11.7 Å². The zero-order valence-electron chi connectivity index (χ0n) is 13.4. The van der Waals surface area contributed by atoms with Crippen molar-refractivity contribution in [2.75, 3.05) is 18.4 Å². The molecule has 26 heavy (non-hydrogen) atoms. The van der Waals surface area contributed by atoms with E-state index in [9.17, 15) is 17.6 Å². The van der Waals surface area contributed by atoms with Gasteiger partial charge in [-0.15, -0.1) is 11.3 Å². The molecule has 1 aliphatic heterocycles. The molecule has 1 fully saturated rings. The maximum atomic E-state index is 13.2. The van der Waals surface area contributed by atoms with Gasteiger partial charge in [0, 0.05) is 18.8 Å². The second-order valence-electron chi connectivity index (χ2n) is 5.88. The predicted octanol–water partition coefficient (Wildman–Crippen LogP) is 4.34. The van der Waals surface area contributed by atoms with Gasteiger partial charge in [-0.3, -0.25) is 4.79 Å². The van der Waals surface area contributed by atoms with Crippen molar-refractivity contribution in [3.63, 3.8) is 0 Å². The van der Waals surface area contributed by atoms with E-state index >= 15 is 0 Å². The van der Waals surface area contributed by atoms with Crippen LogP contribution in [0.25, 0.3) is 0 Å². The average molecular weight is 482 g/mol. The number of thiophene rings is 1. The first kappa shape index (κ1) is 19.8. The van der Waals surface area contributed by atoms with Crippen molar-refractivity contribution in [1.82, 2.24) is 4.31 Å². The molecule has 2 heterocycles. The lowest BCUT2D eigenvalue weighted by Gasteiger charge is -2.30. The van der Waals surface area contributed by atoms with Crippen molar-refractivity contribution in [2.24, 2.45) is 5.92 Å². The molecule has 1 atom stereocenters. The molecule has 0 spiro atoms. The normalized spacial score (nSPS) is 18.7. The van der Waals surface area contributed by atoms with Crippen LogP contribution in [0.15, 0.2) is 38.3 Å². The molecule has 1 aromatic heterocycles. The van der Waals surface area contributed by atoms with Crippen molar-refractivity contribution >= 4 is 60.5 Å². The first-order valence-corrected chi connectivity index (χ1v) is 11.2. The number of nitrogens with zero attached hydrogens (tertiary/aromatic N) is 1. The second-order valence-corrected chi connectivity index (χ2v) is 10.9. The zero-order chi connectivity index (χ0) is 18.9. The highest BCUT2D eigenvalue weighted by Crippen LogP contribution is 2.31. The van der Waals surface area contributed by atoms with Crippen molar-refractivity contribution in [1.29, 1.82) is 0 Å². The lowest BCUT2D eigenvalue weighted by Crippen LogP contribution is -2.43. The molecule has 10 heteroatoms. The molecule has 1 aromatic carbocycles. The van der Waals surface area contributed by atoms with Gasteiger partial charge in [-0.2, -0.15) is 4.31 Å². The second kappa shape index (κ2) is 7.93. The molecule has 0 bridgehead atoms. The number of hydrogen-bond donors (Lipinski definition) is 1. The Labute approximate surface area is 168 Å². The van der Waals surface area contributed by atoms with E-state index in [2.05, 4.69) is 21.2 Å². The van der Waals surface area contributed by atoms with Gasteiger partial charge in [0.25, 0.3) is 10.0 Å². The van der Waals surface area contributed by atoms with E-state index in [1.54, 1.807) is 12.1 Å². The fourth-order valence-electron chi connectivity index (χ4n) is 2.76. The van der Waals surface area contributed by atoms with E-state index in [1.807, 2.05) is 0 Å². The summed E-state index contributed by atoms with van der Waals surface area (Å²) < 4.78 is 41.0. The van der Waals surface area contributed by atoms with E-state index in [1.165, 1.54) is 22.5 Å². The van der Waals surface area contributed by atoms with Crippen LogP contribution in [0.3, 0.4) is 0 Å². The van der Waals surface area contributed by atoms with Crippen LogP contribution < -0.4 is 5.32 Å². The van der Waals surface area contributed by atoms with E-state index in [4.69, 9.17) is 11.6 Å². The standard InChI is InChI=1S/C16H15BrClFN2O3S2/c17-14-5-6-15(25-14)26(23,24)21-7-1-2-10(9-21)16(22)20-11-3-4-13(19)12(18)8-11/h3-6,8,10H,1-2,7,9H2,(H,20,22). The Balaban J connectivity index is 1.71. The third-order valence-corrected chi connectivity index (χ3v) is 8.33. The Kier molecular flexibility index (Phi) is 6.03. The van der Waals surface area contributed by atoms with Crippen LogP contribution in [-0.2, 0) is 14.8 Å². The zero-order valence-corrected chi connectivity index (χ0v) is 17.4. The Bertz CT molecular complexity index is 935. The monoisotopic (exact) mass is 480 g/mol. The first-order chi connectivity index (χ1) is 12.3. The van der Waals surface area contributed by atoms with E-state index < -0.39 is 21.8 Å². The van der Waals surface area contributed by atoms with Gasteiger partial charge in [-0.05, 0) is 59.1 Å². The Hall–Kier alpha value is -1.000. The van der Waals surface area contributed by atoms with Crippen molar-refractivity contribution in [3.05, 3.63) is 45.0 Å². The molecule has 0 aliphatic carbocycles. The van der Waals surface area contributed by atoms with Crippen LogP contribution in [0.4, 0.5) is 10.1 Å². The maximum Gasteiger partial charge on any atom is 0.252 e. The Morgan fingerprint density at radius 3 is 2.77 bits per heavy atom. The summed E-state index contributed by atoms with van der Waals surface area (Å²) in [5.41, 5.74) is 0.378. The number of sulfonamides is 1. The van der Waals surface area contributed by atoms with Gasteiger partial charge in [0.05, 0.1) is 14.7 Å². The Morgan fingerprint density at radius 2 is 2.12 bits per heavy atom. The van der Waals surface area contributed by atoms with Crippen molar-refractivity contribution < 1.29 is 17.6 Å². The Morgan fingerprint density at radius 1 is 1.35 bits per heavy atom. The quantitative estimate of drug-likeness (QED) is 0.706. The molecular formula is C16H15BrClFN2O3S2. The highest BCUT2D eigenvalue weighted by Gasteiger charge is 2.34. The summed E-state index contributed by atoms with van der Waals surface area (Å²) in [5.74, 6) is -1.35. The van der Waals surface area contributed by atoms with Gasteiger partial charge >= 0.3 is 0 Å². The topological polar surface area (TPSA) is 66.5 Å². The molecule has 2 aromatic rings. The lowest BCUT2D eigenvalue weighted by molar-refractivity contribution is -0.120. The van der Waals surface area contributed by atoms with Gasteiger partial charge in [0.15, 0.2) is 0 Å². The third kappa shape index (κ3) is 4.28. The minimum atomic E-state index is -3.62. The van der Waals surface area contributed by atoms with Gasteiger partial charge in [0.2, 0.25) is 5.91 Å². The number of halogens is 3. The highest BCUT2D eigenvalue weighted by molar-refractivity contribution is 9.11. The molecule has 1 saturated heterocycles. The summed E-state index contributed by atoms with van der Waals surface area (Å²) in [6.07, 6.45) is 1.18. The summed E-state index contributed by atoms with van der Waals surface area (Å²) in [4.78, 5) is 12.5. The molecular weight excluding hydrogens is 467 g/mol. The number of piperidine rings is 1. The van der Waals surface area contributed by atoms with Crippen LogP contribution in [0.2, 0.25) is 5.02 Å². The third-order valence-electron chi connectivity index (χ3n) is 4.08. The van der Waals surface area contributed by atoms with E-state index in [-0.39, 0.29) is 21.7 Å². The van der Waals surface area contributed by atoms with Gasteiger partial charge in [-0.25, -0.2) is 12.8 Å². The van der Waals surface area contributed by atoms with Crippen LogP contribution in [0.5, 0.6) is 0 Å². The molecule has 1 aliphatic rings. The number of amides is 1. The molecule has 1 amide bonds.